The number of rotatable bonds is 15. The first-order chi connectivity index (χ1) is 17.2. The van der Waals surface area contributed by atoms with E-state index in [4.69, 9.17) is 17.0 Å². The Morgan fingerprint density at radius 2 is 1.61 bits per heavy atom. The van der Waals surface area contributed by atoms with Gasteiger partial charge in [-0.05, 0) is 57.5 Å². The number of thiocarbonyl (C=S) groups is 1. The van der Waals surface area contributed by atoms with Crippen molar-refractivity contribution in [2.24, 2.45) is 10.9 Å². The average molecular weight is 519 g/mol. The number of aliphatic imine (C=N–C) groups is 1. The summed E-state index contributed by atoms with van der Waals surface area (Å²) in [5.41, 5.74) is 1.76. The lowest BCUT2D eigenvalue weighted by molar-refractivity contribution is -0.140. The van der Waals surface area contributed by atoms with Crippen molar-refractivity contribution in [3.05, 3.63) is 29.3 Å². The molecule has 200 valence electrons. The van der Waals surface area contributed by atoms with Crippen LogP contribution in [0, 0.1) is 5.92 Å². The molecule has 0 fully saturated rings. The number of aliphatic carboxylic acids is 1. The van der Waals surface area contributed by atoms with Crippen LogP contribution in [0.5, 0.6) is 5.75 Å². The van der Waals surface area contributed by atoms with Crippen LogP contribution in [0.4, 0.5) is 4.79 Å². The van der Waals surface area contributed by atoms with Gasteiger partial charge in [0.15, 0.2) is 0 Å². The van der Waals surface area contributed by atoms with Crippen LogP contribution in [0.1, 0.15) is 109 Å². The number of carboxylic acids is 1. The highest BCUT2D eigenvalue weighted by Gasteiger charge is 2.45. The number of hydrogen-bond acceptors (Lipinski definition) is 4. The topological polar surface area (TPSA) is 99.4 Å². The van der Waals surface area contributed by atoms with Gasteiger partial charge in [0.25, 0.3) is 0 Å². The zero-order chi connectivity index (χ0) is 26.7. The van der Waals surface area contributed by atoms with Crippen LogP contribution in [-0.4, -0.2) is 44.1 Å². The minimum absolute atomic E-state index is 0.147. The third-order valence-corrected chi connectivity index (χ3v) is 6.90. The summed E-state index contributed by atoms with van der Waals surface area (Å²) in [5, 5.41) is 19.9. The van der Waals surface area contributed by atoms with Crippen molar-refractivity contribution in [1.29, 1.82) is 0 Å². The first kappa shape index (κ1) is 29.7. The molecule has 0 aromatic heterocycles. The van der Waals surface area contributed by atoms with Gasteiger partial charge in [-0.25, -0.2) is 14.7 Å². The van der Waals surface area contributed by atoms with E-state index < -0.39 is 24.0 Å². The third kappa shape index (κ3) is 8.29. The average Bonchev–Trinajstić information content (AvgIpc) is 2.79. The fourth-order valence-electron chi connectivity index (χ4n) is 4.88. The first-order valence-electron chi connectivity index (χ1n) is 13.3. The molecule has 8 heteroatoms. The molecule has 1 aliphatic heterocycles. The van der Waals surface area contributed by atoms with Crippen molar-refractivity contribution < 1.29 is 24.5 Å². The minimum atomic E-state index is -1.32. The fraction of sp³-hybridized carbons (Fsp3) is 0.643. The molecule has 2 atom stereocenters. The highest BCUT2D eigenvalue weighted by atomic mass is 32.1. The number of amides is 1. The van der Waals surface area contributed by atoms with Gasteiger partial charge in [-0.15, -0.1) is 0 Å². The molecule has 0 saturated heterocycles. The van der Waals surface area contributed by atoms with Gasteiger partial charge >= 0.3 is 12.1 Å². The Morgan fingerprint density at radius 1 is 1.03 bits per heavy atom. The maximum atomic E-state index is 12.3. The number of carboxylic acid groups (broad SMARTS) is 2. The van der Waals surface area contributed by atoms with Crippen molar-refractivity contribution in [1.82, 2.24) is 4.90 Å². The van der Waals surface area contributed by atoms with Gasteiger partial charge in [-0.1, -0.05) is 76.8 Å². The number of benzene rings is 1. The Bertz CT molecular complexity index is 931. The van der Waals surface area contributed by atoms with E-state index in [9.17, 15) is 19.8 Å². The lowest BCUT2D eigenvalue weighted by Crippen LogP contribution is -2.49. The van der Waals surface area contributed by atoms with Crippen molar-refractivity contribution in [3.8, 4) is 5.75 Å². The van der Waals surface area contributed by atoms with Gasteiger partial charge in [0, 0.05) is 11.3 Å². The van der Waals surface area contributed by atoms with Crippen LogP contribution in [0.2, 0.25) is 0 Å². The first-order valence-corrected chi connectivity index (χ1v) is 13.7. The van der Waals surface area contributed by atoms with Gasteiger partial charge < -0.3 is 14.9 Å². The molecule has 0 radical (unpaired) electrons. The maximum absolute atomic E-state index is 12.3. The Balaban J connectivity index is 2.25. The Hall–Kier alpha value is -2.48. The molecule has 7 nitrogen and oxygen atoms in total. The Kier molecular flexibility index (Phi) is 12.3. The molecule has 2 unspecified atom stereocenters. The molecule has 2 N–H and O–H groups in total. The molecule has 1 amide bonds. The quantitative estimate of drug-likeness (QED) is 0.185. The number of ether oxygens (including phenoxy) is 1. The fourth-order valence-corrected chi connectivity index (χ4v) is 5.22. The standard InChI is InChI=1S/C28H42N2O5S/c1-5-6-7-8-9-10-11-12-13-14-16-21-17-15-18-22(35-19(2)3)24(21)25-23(26(31)32)20(4)29-27(36)30(25)28(33)34/h15,17-19,23,25H,5-14,16H2,1-4H3,(H,31,32)(H,33,34). The lowest BCUT2D eigenvalue weighted by Gasteiger charge is -2.38. The molecule has 1 heterocycles. The monoisotopic (exact) mass is 518 g/mol. The van der Waals surface area contributed by atoms with Gasteiger partial charge in [-0.3, -0.25) is 4.79 Å². The number of unbranched alkanes of at least 4 members (excludes halogenated alkanes) is 9. The second kappa shape index (κ2) is 14.9. The summed E-state index contributed by atoms with van der Waals surface area (Å²) in [6, 6.07) is 4.56. The summed E-state index contributed by atoms with van der Waals surface area (Å²) < 4.78 is 6.07. The molecule has 1 aromatic carbocycles. The number of nitrogens with zero attached hydrogens (tertiary/aromatic N) is 2. The Morgan fingerprint density at radius 3 is 2.14 bits per heavy atom. The van der Waals surface area contributed by atoms with Crippen LogP contribution < -0.4 is 4.74 Å². The summed E-state index contributed by atoms with van der Waals surface area (Å²) >= 11 is 5.28. The summed E-state index contributed by atoms with van der Waals surface area (Å²) in [6.07, 6.45) is 11.4. The van der Waals surface area contributed by atoms with Crippen LogP contribution in [0.3, 0.4) is 0 Å². The summed E-state index contributed by atoms with van der Waals surface area (Å²) in [5.74, 6) is -1.80. The lowest BCUT2D eigenvalue weighted by atomic mass is 9.83. The van der Waals surface area contributed by atoms with Crippen LogP contribution in [-0.2, 0) is 11.2 Å². The van der Waals surface area contributed by atoms with Crippen molar-refractivity contribution >= 4 is 35.1 Å². The van der Waals surface area contributed by atoms with E-state index in [0.717, 1.165) is 29.7 Å². The molecule has 0 saturated carbocycles. The zero-order valence-electron chi connectivity index (χ0n) is 22.2. The van der Waals surface area contributed by atoms with Crippen molar-refractivity contribution in [2.45, 2.75) is 110 Å². The highest BCUT2D eigenvalue weighted by molar-refractivity contribution is 7.80. The van der Waals surface area contributed by atoms with Crippen LogP contribution in [0.25, 0.3) is 0 Å². The number of hydrogen-bond donors (Lipinski definition) is 2. The number of carbonyl (C=O) groups is 2. The van der Waals surface area contributed by atoms with Gasteiger partial charge in [0.1, 0.15) is 11.7 Å². The van der Waals surface area contributed by atoms with E-state index in [1.165, 1.54) is 44.9 Å². The largest absolute Gasteiger partial charge is 0.491 e. The van der Waals surface area contributed by atoms with Crippen molar-refractivity contribution in [3.63, 3.8) is 0 Å². The minimum Gasteiger partial charge on any atom is -0.491 e. The second-order valence-corrected chi connectivity index (χ2v) is 10.2. The van der Waals surface area contributed by atoms with Crippen LogP contribution in [0.15, 0.2) is 23.2 Å². The molecule has 2 rings (SSSR count). The molecular weight excluding hydrogens is 476 g/mol. The van der Waals surface area contributed by atoms with E-state index in [1.54, 1.807) is 13.0 Å². The van der Waals surface area contributed by atoms with E-state index >= 15 is 0 Å². The predicted molar refractivity (Wildman–Crippen MR) is 147 cm³/mol. The molecule has 0 bridgehead atoms. The highest BCUT2D eigenvalue weighted by Crippen LogP contribution is 2.42. The van der Waals surface area contributed by atoms with Crippen LogP contribution >= 0.6 is 12.2 Å². The van der Waals surface area contributed by atoms with E-state index in [-0.39, 0.29) is 11.2 Å². The van der Waals surface area contributed by atoms with E-state index in [2.05, 4.69) is 11.9 Å². The molecular formula is C28H42N2O5S. The molecule has 1 aliphatic rings. The summed E-state index contributed by atoms with van der Waals surface area (Å²) in [7, 11) is 0. The Labute approximate surface area is 220 Å². The van der Waals surface area contributed by atoms with Gasteiger partial charge in [-0.2, -0.15) is 0 Å². The van der Waals surface area contributed by atoms with Gasteiger partial charge in [0.2, 0.25) is 5.11 Å². The van der Waals surface area contributed by atoms with E-state index in [1.807, 2.05) is 26.0 Å². The van der Waals surface area contributed by atoms with Gasteiger partial charge in [0.05, 0.1) is 12.1 Å². The smallest absolute Gasteiger partial charge is 0.414 e. The summed E-state index contributed by atoms with van der Waals surface area (Å²) in [6.45, 7) is 7.60. The third-order valence-electron chi connectivity index (χ3n) is 6.61. The molecule has 1 aromatic rings. The molecule has 36 heavy (non-hydrogen) atoms. The molecule has 0 aliphatic carbocycles. The maximum Gasteiger partial charge on any atom is 0.414 e. The molecule has 0 spiro atoms. The normalized spacial score (nSPS) is 17.9. The zero-order valence-corrected chi connectivity index (χ0v) is 23.0. The van der Waals surface area contributed by atoms with Crippen molar-refractivity contribution in [2.75, 3.05) is 0 Å². The predicted octanol–water partition coefficient (Wildman–Crippen LogP) is 7.42. The SMILES string of the molecule is CCCCCCCCCCCCc1cccc(OC(C)C)c1C1C(C(=O)O)C(C)=NC(=S)N1C(=O)O. The summed E-state index contributed by atoms with van der Waals surface area (Å²) in [4.78, 5) is 29.6. The number of aryl methyl sites for hydroxylation is 1. The second-order valence-electron chi connectivity index (χ2n) is 9.88. The van der Waals surface area contributed by atoms with E-state index in [0.29, 0.717) is 23.4 Å².